The van der Waals surface area contributed by atoms with E-state index in [0.29, 0.717) is 27.6 Å². The Kier molecular flexibility index (Phi) is 7.12. The predicted octanol–water partition coefficient (Wildman–Crippen LogP) is 6.12. The molecule has 4 atom stereocenters. The summed E-state index contributed by atoms with van der Waals surface area (Å²) in [6, 6.07) is 15.9. The minimum absolute atomic E-state index is 0.121. The van der Waals surface area contributed by atoms with Crippen molar-refractivity contribution in [1.82, 2.24) is 0 Å². The summed E-state index contributed by atoms with van der Waals surface area (Å²) in [5, 5.41) is 16.2. The van der Waals surface area contributed by atoms with Crippen molar-refractivity contribution in [2.24, 2.45) is 11.8 Å². The highest BCUT2D eigenvalue weighted by molar-refractivity contribution is 7.12. The molecule has 0 radical (unpaired) electrons. The number of carbonyl (C=O) groups is 1. The third-order valence-corrected chi connectivity index (χ3v) is 10.3. The molecule has 0 spiro atoms. The number of rotatable bonds is 9. The van der Waals surface area contributed by atoms with Gasteiger partial charge in [-0.05, 0) is 59.9 Å². The molecule has 0 saturated heterocycles. The highest BCUT2D eigenvalue weighted by Crippen LogP contribution is 2.51. The van der Waals surface area contributed by atoms with Crippen molar-refractivity contribution in [2.75, 3.05) is 20.6 Å². The fourth-order valence-electron chi connectivity index (χ4n) is 6.27. The number of aliphatic hydroxyl groups is 1. The van der Waals surface area contributed by atoms with Crippen LogP contribution in [0.1, 0.15) is 41.0 Å². The number of thiophene rings is 2. The van der Waals surface area contributed by atoms with Crippen LogP contribution in [0.15, 0.2) is 59.3 Å². The van der Waals surface area contributed by atoms with Crippen LogP contribution >= 0.6 is 34.3 Å². The molecule has 0 amide bonds. The molecule has 2 bridgehead atoms. The van der Waals surface area contributed by atoms with Crippen LogP contribution in [0, 0.1) is 11.8 Å². The fraction of sp³-hybridized carbons (Fsp3) is 0.464. The van der Waals surface area contributed by atoms with Gasteiger partial charge < -0.3 is 14.3 Å². The number of ether oxygens (including phenoxy) is 1. The molecule has 2 saturated carbocycles. The fourth-order valence-corrected chi connectivity index (χ4v) is 8.20. The molecule has 2 aromatic heterocycles. The average molecular weight is 531 g/mol. The quantitative estimate of drug-likeness (QED) is 0.268. The van der Waals surface area contributed by atoms with Gasteiger partial charge in [0.25, 0.3) is 0 Å². The van der Waals surface area contributed by atoms with Crippen molar-refractivity contribution in [1.29, 1.82) is 0 Å². The lowest BCUT2D eigenvalue weighted by Gasteiger charge is -2.40. The SMILES string of the molecule is C[N+](C)(CCCc1cccc(Cl)c1)[C@H]1CC2CCC1C2OC(=O)C(O)(c1cccs1)c1cccs1. The van der Waals surface area contributed by atoms with Gasteiger partial charge in [0.05, 0.1) is 36.4 Å². The molecular formula is C28H33ClNO3S2+. The number of aryl methyl sites for hydroxylation is 1. The summed E-state index contributed by atoms with van der Waals surface area (Å²) in [4.78, 5) is 14.8. The number of halogens is 1. The van der Waals surface area contributed by atoms with Crippen LogP contribution in [0.25, 0.3) is 0 Å². The molecule has 1 aromatic carbocycles. The van der Waals surface area contributed by atoms with Crippen LogP contribution in [0.2, 0.25) is 5.02 Å². The molecule has 3 unspecified atom stereocenters. The summed E-state index contributed by atoms with van der Waals surface area (Å²) in [6.07, 6.45) is 5.23. The van der Waals surface area contributed by atoms with Crippen LogP contribution in [0.3, 0.4) is 0 Å². The molecule has 186 valence electrons. The van der Waals surface area contributed by atoms with E-state index < -0.39 is 11.6 Å². The van der Waals surface area contributed by atoms with Crippen molar-refractivity contribution in [3.63, 3.8) is 0 Å². The first-order valence-electron chi connectivity index (χ1n) is 12.4. The zero-order valence-electron chi connectivity index (χ0n) is 20.2. The second kappa shape index (κ2) is 9.98. The van der Waals surface area contributed by atoms with Crippen molar-refractivity contribution < 1.29 is 19.1 Å². The molecule has 2 fully saturated rings. The Hall–Kier alpha value is -1.70. The minimum atomic E-state index is -1.73. The highest BCUT2D eigenvalue weighted by atomic mass is 35.5. The number of quaternary nitrogens is 1. The van der Waals surface area contributed by atoms with Gasteiger partial charge in [-0.1, -0.05) is 35.9 Å². The van der Waals surface area contributed by atoms with Gasteiger partial charge in [-0.25, -0.2) is 4.79 Å². The van der Waals surface area contributed by atoms with Gasteiger partial charge in [-0.2, -0.15) is 0 Å². The summed E-state index contributed by atoms with van der Waals surface area (Å²) in [5.41, 5.74) is -0.458. The van der Waals surface area contributed by atoms with Gasteiger partial charge >= 0.3 is 5.97 Å². The summed E-state index contributed by atoms with van der Waals surface area (Å²) in [7, 11) is 4.63. The molecule has 3 aromatic rings. The number of carbonyl (C=O) groups excluding carboxylic acids is 1. The van der Waals surface area contributed by atoms with Gasteiger partial charge in [-0.3, -0.25) is 0 Å². The van der Waals surface area contributed by atoms with Gasteiger partial charge in [0, 0.05) is 29.7 Å². The second-order valence-electron chi connectivity index (χ2n) is 10.6. The second-order valence-corrected chi connectivity index (χ2v) is 12.9. The van der Waals surface area contributed by atoms with Crippen molar-refractivity contribution in [2.45, 2.75) is 49.9 Å². The maximum absolute atomic E-state index is 13.6. The van der Waals surface area contributed by atoms with Crippen LogP contribution in [0.4, 0.5) is 0 Å². The smallest absolute Gasteiger partial charge is 0.349 e. The lowest BCUT2D eigenvalue weighted by atomic mass is 9.92. The van der Waals surface area contributed by atoms with E-state index in [2.05, 4.69) is 26.2 Å². The van der Waals surface area contributed by atoms with Crippen molar-refractivity contribution >= 4 is 40.2 Å². The first-order valence-corrected chi connectivity index (χ1v) is 14.5. The van der Waals surface area contributed by atoms with Crippen molar-refractivity contribution in [3.05, 3.63) is 79.6 Å². The number of hydrogen-bond acceptors (Lipinski definition) is 5. The molecular weight excluding hydrogens is 498 g/mol. The Morgan fingerprint density at radius 2 is 1.83 bits per heavy atom. The largest absolute Gasteiger partial charge is 0.459 e. The Morgan fingerprint density at radius 1 is 1.11 bits per heavy atom. The van der Waals surface area contributed by atoms with E-state index in [-0.39, 0.29) is 6.10 Å². The maximum atomic E-state index is 13.6. The lowest BCUT2D eigenvalue weighted by Crippen LogP contribution is -2.52. The van der Waals surface area contributed by atoms with E-state index in [1.165, 1.54) is 28.2 Å². The minimum Gasteiger partial charge on any atom is -0.459 e. The topological polar surface area (TPSA) is 46.5 Å². The molecule has 5 rings (SSSR count). The molecule has 2 aliphatic rings. The summed E-state index contributed by atoms with van der Waals surface area (Å²) in [6.45, 7) is 1.06. The van der Waals surface area contributed by atoms with Gasteiger partial charge in [0.15, 0.2) is 0 Å². The number of nitrogens with zero attached hydrogens (tertiary/aromatic N) is 1. The standard InChI is InChI=1S/C28H33ClNO3S2/c1-30(2,14-4-8-19-7-3-9-21(29)17-19)23-18-20-12-13-22(23)26(20)33-27(31)28(32,24-10-5-15-34-24)25-11-6-16-35-25/h3,5-7,9-11,15-17,20,22-23,26,32H,4,8,12-14,18H2,1-2H3/q+1/t20?,22?,23-,26?/m0/s1. The van der Waals surface area contributed by atoms with E-state index in [9.17, 15) is 9.90 Å². The van der Waals surface area contributed by atoms with Crippen LogP contribution in [-0.2, 0) is 21.6 Å². The van der Waals surface area contributed by atoms with Gasteiger partial charge in [-0.15, -0.1) is 22.7 Å². The third kappa shape index (κ3) is 4.84. The summed E-state index contributed by atoms with van der Waals surface area (Å²) in [5.74, 6) is 0.174. The number of hydrogen-bond donors (Lipinski definition) is 1. The molecule has 2 heterocycles. The first-order chi connectivity index (χ1) is 16.8. The normalized spacial score (nSPS) is 24.1. The third-order valence-electron chi connectivity index (χ3n) is 8.08. The molecule has 1 N–H and O–H groups in total. The zero-order valence-corrected chi connectivity index (χ0v) is 22.6. The Bertz CT molecular complexity index is 1110. The molecule has 2 aliphatic carbocycles. The Morgan fingerprint density at radius 3 is 2.46 bits per heavy atom. The van der Waals surface area contributed by atoms with E-state index in [0.717, 1.165) is 48.2 Å². The molecule has 35 heavy (non-hydrogen) atoms. The average Bonchev–Trinajstić information content (AvgIpc) is 3.64. The predicted molar refractivity (Wildman–Crippen MR) is 143 cm³/mol. The highest BCUT2D eigenvalue weighted by Gasteiger charge is 2.57. The van der Waals surface area contributed by atoms with E-state index in [4.69, 9.17) is 16.3 Å². The van der Waals surface area contributed by atoms with Gasteiger partial charge in [0.1, 0.15) is 6.10 Å². The number of fused-ring (bicyclic) bond motifs is 2. The molecule has 4 nitrogen and oxygen atoms in total. The van der Waals surface area contributed by atoms with Crippen LogP contribution in [0.5, 0.6) is 0 Å². The van der Waals surface area contributed by atoms with Crippen LogP contribution in [-0.4, -0.2) is 48.3 Å². The molecule has 7 heteroatoms. The number of esters is 1. The van der Waals surface area contributed by atoms with E-state index in [1.807, 2.05) is 47.2 Å². The van der Waals surface area contributed by atoms with Gasteiger partial charge in [0.2, 0.25) is 5.60 Å². The summed E-state index contributed by atoms with van der Waals surface area (Å²) >= 11 is 8.93. The molecule has 0 aliphatic heterocycles. The maximum Gasteiger partial charge on any atom is 0.349 e. The monoisotopic (exact) mass is 530 g/mol. The summed E-state index contributed by atoms with van der Waals surface area (Å²) < 4.78 is 7.15. The van der Waals surface area contributed by atoms with E-state index in [1.54, 1.807) is 0 Å². The zero-order chi connectivity index (χ0) is 24.6. The Balaban J connectivity index is 1.27. The first kappa shape index (κ1) is 25.0. The van der Waals surface area contributed by atoms with E-state index >= 15 is 0 Å². The van der Waals surface area contributed by atoms with Crippen molar-refractivity contribution in [3.8, 4) is 0 Å². The lowest BCUT2D eigenvalue weighted by molar-refractivity contribution is -0.918. The van der Waals surface area contributed by atoms with Crippen LogP contribution < -0.4 is 0 Å². The Labute approximate surface area is 220 Å². The number of benzene rings is 1.